The molecular formula is C11H12ClF2N3. The fourth-order valence-corrected chi connectivity index (χ4v) is 3.03. The number of halogens is 3. The fraction of sp³-hybridized carbons (Fsp3) is 0.636. The molecule has 2 unspecified atom stereocenters. The van der Waals surface area contributed by atoms with Gasteiger partial charge >= 0.3 is 0 Å². The summed E-state index contributed by atoms with van der Waals surface area (Å²) in [5, 5.41) is 0.346. The smallest absolute Gasteiger partial charge is 0.252 e. The minimum Gasteiger partial charge on any atom is -0.356 e. The van der Waals surface area contributed by atoms with Crippen molar-refractivity contribution in [3.05, 3.63) is 17.5 Å². The van der Waals surface area contributed by atoms with Gasteiger partial charge in [-0.2, -0.15) is 0 Å². The average Bonchev–Trinajstić information content (AvgIpc) is 2.81. The van der Waals surface area contributed by atoms with Gasteiger partial charge in [-0.15, -0.1) is 0 Å². The van der Waals surface area contributed by atoms with Crippen LogP contribution in [0, 0.1) is 11.8 Å². The normalized spacial score (nSPS) is 30.6. The highest BCUT2D eigenvalue weighted by Crippen LogP contribution is 2.48. The van der Waals surface area contributed by atoms with Gasteiger partial charge in [-0.3, -0.25) is 0 Å². The molecule has 0 radical (unpaired) electrons. The van der Waals surface area contributed by atoms with E-state index in [2.05, 4.69) is 9.97 Å². The summed E-state index contributed by atoms with van der Waals surface area (Å²) in [7, 11) is 0. The summed E-state index contributed by atoms with van der Waals surface area (Å²) < 4.78 is 27.2. The van der Waals surface area contributed by atoms with Crippen molar-refractivity contribution in [2.45, 2.75) is 18.8 Å². The van der Waals surface area contributed by atoms with Gasteiger partial charge < -0.3 is 4.90 Å². The standard InChI is InChI=1S/C11H12ClF2N3/c12-9-3-10(16-6-15-9)17-4-7-1-2-11(13,14)8(7)5-17/h3,6-8H,1-2,4-5H2. The molecule has 1 saturated heterocycles. The fourth-order valence-electron chi connectivity index (χ4n) is 2.89. The number of anilines is 1. The van der Waals surface area contributed by atoms with Crippen LogP contribution in [-0.4, -0.2) is 29.0 Å². The van der Waals surface area contributed by atoms with Crippen molar-refractivity contribution in [1.29, 1.82) is 0 Å². The van der Waals surface area contributed by atoms with Gasteiger partial charge in [0.25, 0.3) is 5.92 Å². The Morgan fingerprint density at radius 3 is 2.88 bits per heavy atom. The summed E-state index contributed by atoms with van der Waals surface area (Å²) in [6, 6.07) is 1.63. The van der Waals surface area contributed by atoms with E-state index in [1.54, 1.807) is 6.07 Å². The minimum absolute atomic E-state index is 0.0285. The summed E-state index contributed by atoms with van der Waals surface area (Å²) in [6.07, 6.45) is 2.00. The van der Waals surface area contributed by atoms with Gasteiger partial charge in [0.05, 0.1) is 0 Å². The molecule has 92 valence electrons. The summed E-state index contributed by atoms with van der Waals surface area (Å²) in [5.41, 5.74) is 0. The van der Waals surface area contributed by atoms with Crippen LogP contribution in [0.15, 0.2) is 12.4 Å². The highest BCUT2D eigenvalue weighted by Gasteiger charge is 2.54. The van der Waals surface area contributed by atoms with Crippen molar-refractivity contribution in [2.24, 2.45) is 11.8 Å². The zero-order chi connectivity index (χ0) is 12.0. The van der Waals surface area contributed by atoms with Crippen LogP contribution < -0.4 is 4.90 Å². The van der Waals surface area contributed by atoms with E-state index < -0.39 is 11.8 Å². The maximum absolute atomic E-state index is 13.6. The summed E-state index contributed by atoms with van der Waals surface area (Å²) in [6.45, 7) is 1.01. The van der Waals surface area contributed by atoms with Gasteiger partial charge in [-0.1, -0.05) is 11.6 Å². The third-order valence-electron chi connectivity index (χ3n) is 3.78. The first-order valence-corrected chi connectivity index (χ1v) is 6.04. The van der Waals surface area contributed by atoms with Crippen LogP contribution >= 0.6 is 11.6 Å². The Morgan fingerprint density at radius 1 is 1.35 bits per heavy atom. The molecule has 1 aromatic rings. The summed E-state index contributed by atoms with van der Waals surface area (Å²) in [4.78, 5) is 9.76. The zero-order valence-electron chi connectivity index (χ0n) is 9.11. The largest absolute Gasteiger partial charge is 0.356 e. The molecule has 0 bridgehead atoms. The number of rotatable bonds is 1. The first-order chi connectivity index (χ1) is 8.06. The number of nitrogens with zero attached hydrogens (tertiary/aromatic N) is 3. The lowest BCUT2D eigenvalue weighted by Gasteiger charge is -2.20. The number of hydrogen-bond donors (Lipinski definition) is 0. The molecule has 0 amide bonds. The molecule has 2 atom stereocenters. The first-order valence-electron chi connectivity index (χ1n) is 5.66. The van der Waals surface area contributed by atoms with Gasteiger partial charge in [0.1, 0.15) is 17.3 Å². The second-order valence-corrected chi connectivity index (χ2v) is 5.16. The zero-order valence-corrected chi connectivity index (χ0v) is 9.87. The maximum atomic E-state index is 13.6. The van der Waals surface area contributed by atoms with Crippen LogP contribution in [0.4, 0.5) is 14.6 Å². The first kappa shape index (κ1) is 11.1. The molecule has 0 N–H and O–H groups in total. The third kappa shape index (κ3) is 1.86. The highest BCUT2D eigenvalue weighted by molar-refractivity contribution is 6.29. The summed E-state index contributed by atoms with van der Waals surface area (Å²) >= 11 is 5.77. The van der Waals surface area contributed by atoms with E-state index >= 15 is 0 Å². The SMILES string of the molecule is FC1(F)CCC2CN(c3cc(Cl)ncn3)CC21. The van der Waals surface area contributed by atoms with Gasteiger partial charge in [-0.25, -0.2) is 18.7 Å². The molecule has 0 aromatic carbocycles. The predicted octanol–water partition coefficient (Wildman–Crippen LogP) is 2.61. The van der Waals surface area contributed by atoms with Crippen molar-refractivity contribution in [2.75, 3.05) is 18.0 Å². The van der Waals surface area contributed by atoms with Crippen molar-refractivity contribution in [3.8, 4) is 0 Å². The molecule has 1 saturated carbocycles. The number of aromatic nitrogens is 2. The molecule has 3 nitrogen and oxygen atoms in total. The summed E-state index contributed by atoms with van der Waals surface area (Å²) in [5.74, 6) is -2.32. The van der Waals surface area contributed by atoms with Crippen molar-refractivity contribution in [3.63, 3.8) is 0 Å². The molecule has 2 fully saturated rings. The molecule has 2 aliphatic rings. The Kier molecular flexibility index (Phi) is 2.47. The Bertz CT molecular complexity index is 440. The quantitative estimate of drug-likeness (QED) is 0.726. The maximum Gasteiger partial charge on any atom is 0.252 e. The third-order valence-corrected chi connectivity index (χ3v) is 3.98. The van der Waals surface area contributed by atoms with Crippen LogP contribution in [0.3, 0.4) is 0 Å². The molecule has 2 heterocycles. The topological polar surface area (TPSA) is 29.0 Å². The van der Waals surface area contributed by atoms with E-state index in [1.807, 2.05) is 4.90 Å². The van der Waals surface area contributed by atoms with Crippen LogP contribution in [0.25, 0.3) is 0 Å². The number of hydrogen-bond acceptors (Lipinski definition) is 3. The Morgan fingerprint density at radius 2 is 2.18 bits per heavy atom. The van der Waals surface area contributed by atoms with E-state index in [0.29, 0.717) is 30.5 Å². The lowest BCUT2D eigenvalue weighted by atomic mass is 9.99. The Balaban J connectivity index is 1.81. The van der Waals surface area contributed by atoms with E-state index in [1.165, 1.54) is 6.33 Å². The number of alkyl halides is 2. The second kappa shape index (κ2) is 3.77. The Labute approximate surface area is 103 Å². The van der Waals surface area contributed by atoms with Crippen molar-refractivity contribution >= 4 is 17.4 Å². The molecule has 6 heteroatoms. The molecular weight excluding hydrogens is 248 g/mol. The molecule has 1 aliphatic carbocycles. The molecule has 1 aliphatic heterocycles. The van der Waals surface area contributed by atoms with E-state index in [0.717, 1.165) is 0 Å². The lowest BCUT2D eigenvalue weighted by molar-refractivity contribution is -0.0351. The molecule has 3 rings (SSSR count). The minimum atomic E-state index is -2.52. The van der Waals surface area contributed by atoms with Gasteiger partial charge in [-0.05, 0) is 12.3 Å². The molecule has 1 aromatic heterocycles. The second-order valence-electron chi connectivity index (χ2n) is 4.77. The average molecular weight is 260 g/mol. The Hall–Kier alpha value is -0.970. The monoisotopic (exact) mass is 259 g/mol. The van der Waals surface area contributed by atoms with Crippen LogP contribution in [0.5, 0.6) is 0 Å². The van der Waals surface area contributed by atoms with E-state index in [4.69, 9.17) is 11.6 Å². The lowest BCUT2D eigenvalue weighted by Crippen LogP contribution is -2.29. The van der Waals surface area contributed by atoms with E-state index in [9.17, 15) is 8.78 Å². The molecule has 0 spiro atoms. The van der Waals surface area contributed by atoms with Crippen molar-refractivity contribution in [1.82, 2.24) is 9.97 Å². The van der Waals surface area contributed by atoms with Gasteiger partial charge in [0.15, 0.2) is 0 Å². The molecule has 17 heavy (non-hydrogen) atoms. The van der Waals surface area contributed by atoms with Crippen LogP contribution in [-0.2, 0) is 0 Å². The van der Waals surface area contributed by atoms with Gasteiger partial charge in [0, 0.05) is 31.5 Å². The van der Waals surface area contributed by atoms with Crippen LogP contribution in [0.1, 0.15) is 12.8 Å². The predicted molar refractivity (Wildman–Crippen MR) is 60.4 cm³/mol. The van der Waals surface area contributed by atoms with Gasteiger partial charge in [0.2, 0.25) is 0 Å². The van der Waals surface area contributed by atoms with Crippen LogP contribution in [0.2, 0.25) is 5.15 Å². The van der Waals surface area contributed by atoms with Crippen molar-refractivity contribution < 1.29 is 8.78 Å². The highest BCUT2D eigenvalue weighted by atomic mass is 35.5. The van der Waals surface area contributed by atoms with E-state index in [-0.39, 0.29) is 12.3 Å². The number of fused-ring (bicyclic) bond motifs is 1.